The van der Waals surface area contributed by atoms with Crippen LogP contribution in [0.25, 0.3) is 0 Å². The molecule has 0 saturated heterocycles. The number of alkyl halides is 3. The first-order valence-corrected chi connectivity index (χ1v) is 6.76. The SMILES string of the molecule is CC(NS(=O)(=O)NCC(F)(F)F)c1ccc(N)cc1. The van der Waals surface area contributed by atoms with Gasteiger partial charge in [-0.2, -0.15) is 31.0 Å². The van der Waals surface area contributed by atoms with Crippen LogP contribution in [0.2, 0.25) is 0 Å². The summed E-state index contributed by atoms with van der Waals surface area (Å²) in [7, 11) is -4.22. The van der Waals surface area contributed by atoms with Crippen molar-refractivity contribution in [1.29, 1.82) is 0 Å². The normalized spacial score (nSPS) is 14.3. The van der Waals surface area contributed by atoms with Crippen LogP contribution in [0.4, 0.5) is 18.9 Å². The molecular weight excluding hydrogens is 283 g/mol. The van der Waals surface area contributed by atoms with Gasteiger partial charge in [0, 0.05) is 11.7 Å². The lowest BCUT2D eigenvalue weighted by Crippen LogP contribution is -2.42. The van der Waals surface area contributed by atoms with Crippen LogP contribution in [0.3, 0.4) is 0 Å². The van der Waals surface area contributed by atoms with E-state index in [1.54, 1.807) is 24.3 Å². The Bertz CT molecular complexity index is 514. The number of benzene rings is 1. The van der Waals surface area contributed by atoms with E-state index in [4.69, 9.17) is 5.73 Å². The van der Waals surface area contributed by atoms with Crippen LogP contribution in [0.5, 0.6) is 0 Å². The summed E-state index contributed by atoms with van der Waals surface area (Å²) in [4.78, 5) is 0. The summed E-state index contributed by atoms with van der Waals surface area (Å²) < 4.78 is 62.0. The second-order valence-corrected chi connectivity index (χ2v) is 5.48. The van der Waals surface area contributed by atoms with E-state index < -0.39 is 29.0 Å². The number of hydrogen-bond acceptors (Lipinski definition) is 3. The molecule has 1 rings (SSSR count). The Balaban J connectivity index is 2.65. The van der Waals surface area contributed by atoms with E-state index in [0.717, 1.165) is 0 Å². The molecule has 0 bridgehead atoms. The molecule has 0 aliphatic heterocycles. The van der Waals surface area contributed by atoms with Gasteiger partial charge in [0.15, 0.2) is 0 Å². The smallest absolute Gasteiger partial charge is 0.399 e. The second kappa shape index (κ2) is 5.76. The summed E-state index contributed by atoms with van der Waals surface area (Å²) in [5.41, 5.74) is 6.57. The first-order valence-electron chi connectivity index (χ1n) is 5.28. The lowest BCUT2D eigenvalue weighted by Gasteiger charge is -2.16. The second-order valence-electron chi connectivity index (χ2n) is 3.95. The van der Waals surface area contributed by atoms with Crippen LogP contribution in [0, 0.1) is 0 Å². The molecule has 0 amide bonds. The Morgan fingerprint density at radius 2 is 1.79 bits per heavy atom. The van der Waals surface area contributed by atoms with Gasteiger partial charge < -0.3 is 5.73 Å². The number of hydrogen-bond donors (Lipinski definition) is 3. The van der Waals surface area contributed by atoms with Gasteiger partial charge in [-0.3, -0.25) is 0 Å². The van der Waals surface area contributed by atoms with Gasteiger partial charge in [-0.25, -0.2) is 0 Å². The highest BCUT2D eigenvalue weighted by Gasteiger charge is 2.29. The van der Waals surface area contributed by atoms with Crippen LogP contribution < -0.4 is 15.2 Å². The summed E-state index contributed by atoms with van der Waals surface area (Å²) in [5, 5.41) is 0. The summed E-state index contributed by atoms with van der Waals surface area (Å²) in [6.45, 7) is -0.102. The van der Waals surface area contributed by atoms with E-state index in [0.29, 0.717) is 11.3 Å². The summed E-state index contributed by atoms with van der Waals surface area (Å²) >= 11 is 0. The maximum atomic E-state index is 11.9. The summed E-state index contributed by atoms with van der Waals surface area (Å²) in [6, 6.07) is 5.65. The Morgan fingerprint density at radius 3 is 2.26 bits per heavy atom. The Hall–Kier alpha value is -1.32. The molecule has 1 unspecified atom stereocenters. The van der Waals surface area contributed by atoms with Gasteiger partial charge >= 0.3 is 6.18 Å². The molecule has 0 radical (unpaired) electrons. The average Bonchev–Trinajstić information content (AvgIpc) is 2.26. The third-order valence-electron chi connectivity index (χ3n) is 2.23. The average molecular weight is 297 g/mol. The molecule has 0 aromatic heterocycles. The highest BCUT2D eigenvalue weighted by Crippen LogP contribution is 2.16. The lowest BCUT2D eigenvalue weighted by atomic mass is 10.1. The molecule has 0 fully saturated rings. The molecule has 1 atom stereocenters. The molecule has 0 heterocycles. The number of nitrogen functional groups attached to an aromatic ring is 1. The quantitative estimate of drug-likeness (QED) is 0.717. The largest absolute Gasteiger partial charge is 0.402 e. The molecule has 0 aliphatic carbocycles. The third kappa shape index (κ3) is 5.90. The molecule has 4 N–H and O–H groups in total. The first-order chi connectivity index (χ1) is 8.59. The molecule has 1 aromatic carbocycles. The van der Waals surface area contributed by atoms with Gasteiger partial charge in [-0.05, 0) is 24.6 Å². The molecule has 0 aliphatic rings. The molecule has 5 nitrogen and oxygen atoms in total. The van der Waals surface area contributed by atoms with Crippen LogP contribution in [-0.4, -0.2) is 21.1 Å². The van der Waals surface area contributed by atoms with E-state index in [-0.39, 0.29) is 0 Å². The number of nitrogens with one attached hydrogen (secondary N) is 2. The van der Waals surface area contributed by atoms with Crippen molar-refractivity contribution in [3.63, 3.8) is 0 Å². The van der Waals surface area contributed by atoms with E-state index in [1.807, 2.05) is 0 Å². The standard InChI is InChI=1S/C10H14F3N3O2S/c1-7(8-2-4-9(14)5-3-8)16-19(17,18)15-6-10(11,12)13/h2-5,7,15-16H,6,14H2,1H3. The van der Waals surface area contributed by atoms with E-state index in [1.165, 1.54) is 11.6 Å². The zero-order valence-electron chi connectivity index (χ0n) is 10.0. The number of rotatable bonds is 5. The van der Waals surface area contributed by atoms with Crippen LogP contribution >= 0.6 is 0 Å². The Morgan fingerprint density at radius 1 is 1.26 bits per heavy atom. The predicted molar refractivity (Wildman–Crippen MR) is 65.4 cm³/mol. The van der Waals surface area contributed by atoms with Crippen molar-refractivity contribution in [1.82, 2.24) is 9.44 Å². The van der Waals surface area contributed by atoms with Gasteiger partial charge in [0.2, 0.25) is 0 Å². The molecule has 108 valence electrons. The van der Waals surface area contributed by atoms with Crippen molar-refractivity contribution in [2.24, 2.45) is 0 Å². The minimum atomic E-state index is -4.60. The Kier molecular flexibility index (Phi) is 4.77. The Labute approximate surface area is 109 Å². The summed E-state index contributed by atoms with van der Waals surface area (Å²) in [5.74, 6) is 0. The lowest BCUT2D eigenvalue weighted by molar-refractivity contribution is -0.121. The van der Waals surface area contributed by atoms with Crippen LogP contribution in [0.15, 0.2) is 24.3 Å². The molecule has 19 heavy (non-hydrogen) atoms. The highest BCUT2D eigenvalue weighted by molar-refractivity contribution is 7.87. The minimum absolute atomic E-state index is 0.508. The predicted octanol–water partition coefficient (Wildman–Crippen LogP) is 1.32. The van der Waals surface area contributed by atoms with Crippen molar-refractivity contribution >= 4 is 15.9 Å². The van der Waals surface area contributed by atoms with Crippen LogP contribution in [0.1, 0.15) is 18.5 Å². The number of halogens is 3. The molecule has 0 spiro atoms. The molecular formula is C10H14F3N3O2S. The number of anilines is 1. The van der Waals surface area contributed by atoms with Gasteiger partial charge in [0.1, 0.15) is 6.54 Å². The highest BCUT2D eigenvalue weighted by atomic mass is 32.2. The van der Waals surface area contributed by atoms with Crippen LogP contribution in [-0.2, 0) is 10.2 Å². The monoisotopic (exact) mass is 297 g/mol. The van der Waals surface area contributed by atoms with Crippen molar-refractivity contribution in [3.8, 4) is 0 Å². The van der Waals surface area contributed by atoms with Gasteiger partial charge in [-0.15, -0.1) is 0 Å². The summed E-state index contributed by atoms with van der Waals surface area (Å²) in [6.07, 6.45) is -4.60. The van der Waals surface area contributed by atoms with Crippen molar-refractivity contribution in [2.45, 2.75) is 19.1 Å². The van der Waals surface area contributed by atoms with Gasteiger partial charge in [-0.1, -0.05) is 12.1 Å². The van der Waals surface area contributed by atoms with E-state index >= 15 is 0 Å². The first kappa shape index (κ1) is 15.7. The maximum Gasteiger partial charge on any atom is 0.402 e. The van der Waals surface area contributed by atoms with Crippen molar-refractivity contribution in [2.75, 3.05) is 12.3 Å². The number of nitrogens with two attached hydrogens (primary N) is 1. The fourth-order valence-electron chi connectivity index (χ4n) is 1.30. The minimum Gasteiger partial charge on any atom is -0.399 e. The third-order valence-corrected chi connectivity index (χ3v) is 3.42. The molecule has 0 saturated carbocycles. The topological polar surface area (TPSA) is 84.2 Å². The van der Waals surface area contributed by atoms with Gasteiger partial charge in [0.25, 0.3) is 10.2 Å². The van der Waals surface area contributed by atoms with E-state index in [9.17, 15) is 21.6 Å². The fourth-order valence-corrected chi connectivity index (χ4v) is 2.34. The fraction of sp³-hybridized carbons (Fsp3) is 0.400. The zero-order chi connectivity index (χ0) is 14.7. The maximum absolute atomic E-state index is 11.9. The van der Waals surface area contributed by atoms with Crippen molar-refractivity contribution in [3.05, 3.63) is 29.8 Å². The van der Waals surface area contributed by atoms with Crippen molar-refractivity contribution < 1.29 is 21.6 Å². The zero-order valence-corrected chi connectivity index (χ0v) is 10.8. The van der Waals surface area contributed by atoms with Gasteiger partial charge in [0.05, 0.1) is 0 Å². The molecule has 1 aromatic rings. The molecule has 9 heteroatoms. The van der Waals surface area contributed by atoms with E-state index in [2.05, 4.69) is 4.72 Å².